The Morgan fingerprint density at radius 3 is 2.60 bits per heavy atom. The third-order valence-electron chi connectivity index (χ3n) is 4.58. The molecule has 0 bridgehead atoms. The smallest absolute Gasteiger partial charge is 0.324 e. The number of carbonyl (C=O) groups is 1. The lowest BCUT2D eigenvalue weighted by atomic mass is 9.97. The number of carbonyl (C=O) groups excluding carboxylic acids is 1. The normalized spacial score (nSPS) is 23.6. The van der Waals surface area contributed by atoms with E-state index in [0.717, 1.165) is 56.1 Å². The summed E-state index contributed by atoms with van der Waals surface area (Å²) < 4.78 is 0. The number of hydrogen-bond donors (Lipinski definition) is 1. The minimum atomic E-state index is 0.0524. The van der Waals surface area contributed by atoms with Crippen molar-refractivity contribution in [2.24, 2.45) is 11.7 Å². The van der Waals surface area contributed by atoms with E-state index in [1.165, 1.54) is 0 Å². The van der Waals surface area contributed by atoms with Crippen LogP contribution in [0.15, 0.2) is 24.3 Å². The van der Waals surface area contributed by atoms with Crippen LogP contribution < -0.4 is 10.6 Å². The van der Waals surface area contributed by atoms with E-state index >= 15 is 0 Å². The summed E-state index contributed by atoms with van der Waals surface area (Å²) in [6.07, 6.45) is 3.06. The van der Waals surface area contributed by atoms with Gasteiger partial charge in [-0.2, -0.15) is 0 Å². The molecule has 0 spiro atoms. The molecule has 3 rings (SSSR count). The lowest BCUT2D eigenvalue weighted by Gasteiger charge is -2.38. The highest BCUT2D eigenvalue weighted by atomic mass is 16.2. The van der Waals surface area contributed by atoms with E-state index in [1.807, 2.05) is 34.1 Å². The van der Waals surface area contributed by atoms with Gasteiger partial charge in [0.25, 0.3) is 0 Å². The predicted octanol–water partition coefficient (Wildman–Crippen LogP) is 2.75. The molecular weight excluding hydrogens is 250 g/mol. The number of benzene rings is 1. The number of hydrogen-bond acceptors (Lipinski definition) is 2. The van der Waals surface area contributed by atoms with Gasteiger partial charge in [-0.15, -0.1) is 0 Å². The first-order valence-electron chi connectivity index (χ1n) is 7.58. The van der Waals surface area contributed by atoms with Gasteiger partial charge in [0, 0.05) is 25.7 Å². The first-order chi connectivity index (χ1) is 9.66. The van der Waals surface area contributed by atoms with E-state index in [0.29, 0.717) is 0 Å². The topological polar surface area (TPSA) is 49.6 Å². The lowest BCUT2D eigenvalue weighted by molar-refractivity contribution is 0.179. The van der Waals surface area contributed by atoms with Crippen molar-refractivity contribution in [1.29, 1.82) is 0 Å². The molecule has 2 heterocycles. The number of amides is 2. The Labute approximate surface area is 120 Å². The van der Waals surface area contributed by atoms with E-state index in [-0.39, 0.29) is 12.1 Å². The van der Waals surface area contributed by atoms with Gasteiger partial charge < -0.3 is 10.6 Å². The van der Waals surface area contributed by atoms with Crippen molar-refractivity contribution in [2.75, 3.05) is 24.5 Å². The Morgan fingerprint density at radius 1 is 1.15 bits per heavy atom. The second-order valence-electron chi connectivity index (χ2n) is 6.06. The summed E-state index contributed by atoms with van der Waals surface area (Å²) in [5.41, 5.74) is 8.24. The van der Waals surface area contributed by atoms with Crippen LogP contribution in [0.4, 0.5) is 10.5 Å². The number of likely N-dealkylation sites (tertiary alicyclic amines) is 1. The zero-order valence-electron chi connectivity index (χ0n) is 12.1. The second kappa shape index (κ2) is 5.44. The average molecular weight is 273 g/mol. The van der Waals surface area contributed by atoms with Gasteiger partial charge in [0.2, 0.25) is 0 Å². The maximum atomic E-state index is 12.7. The molecule has 2 aliphatic rings. The summed E-state index contributed by atoms with van der Waals surface area (Å²) in [6, 6.07) is 8.23. The summed E-state index contributed by atoms with van der Waals surface area (Å²) in [5.74, 6) is 0.737. The second-order valence-corrected chi connectivity index (χ2v) is 6.06. The van der Waals surface area contributed by atoms with Crippen molar-refractivity contribution in [3.05, 3.63) is 29.8 Å². The summed E-state index contributed by atoms with van der Waals surface area (Å²) in [5, 5.41) is 0. The SMILES string of the molecule is CC1CCN(C(=O)N2CCC(N)c3ccccc32)CC1. The number of piperidine rings is 1. The summed E-state index contributed by atoms with van der Waals surface area (Å²) in [4.78, 5) is 16.6. The summed E-state index contributed by atoms with van der Waals surface area (Å²) in [6.45, 7) is 4.75. The predicted molar refractivity (Wildman–Crippen MR) is 80.7 cm³/mol. The number of urea groups is 1. The molecule has 1 fully saturated rings. The lowest BCUT2D eigenvalue weighted by Crippen LogP contribution is -2.49. The fraction of sp³-hybridized carbons (Fsp3) is 0.562. The van der Waals surface area contributed by atoms with Crippen LogP contribution in [0.1, 0.15) is 37.8 Å². The molecule has 2 amide bonds. The van der Waals surface area contributed by atoms with Crippen molar-refractivity contribution >= 4 is 11.7 Å². The molecule has 0 aromatic heterocycles. The molecule has 2 N–H and O–H groups in total. The number of para-hydroxylation sites is 1. The standard InChI is InChI=1S/C16H23N3O/c1-12-6-9-18(10-7-12)16(20)19-11-8-14(17)13-4-2-3-5-15(13)19/h2-5,12,14H,6-11,17H2,1H3. The Balaban J connectivity index is 1.81. The molecule has 1 saturated heterocycles. The third-order valence-corrected chi connectivity index (χ3v) is 4.58. The first-order valence-corrected chi connectivity index (χ1v) is 7.58. The van der Waals surface area contributed by atoms with E-state index in [2.05, 4.69) is 6.92 Å². The largest absolute Gasteiger partial charge is 0.324 e. The first kappa shape index (κ1) is 13.4. The molecule has 2 aliphatic heterocycles. The molecule has 0 radical (unpaired) electrons. The molecule has 0 saturated carbocycles. The van der Waals surface area contributed by atoms with Crippen molar-refractivity contribution < 1.29 is 4.79 Å². The maximum absolute atomic E-state index is 12.7. The molecule has 4 heteroatoms. The molecule has 1 aromatic carbocycles. The van der Waals surface area contributed by atoms with Crippen LogP contribution in [0, 0.1) is 5.92 Å². The van der Waals surface area contributed by atoms with E-state index in [1.54, 1.807) is 0 Å². The molecule has 1 atom stereocenters. The number of nitrogens with two attached hydrogens (primary N) is 1. The number of fused-ring (bicyclic) bond motifs is 1. The van der Waals surface area contributed by atoms with Gasteiger partial charge in [-0.1, -0.05) is 25.1 Å². The minimum Gasteiger partial charge on any atom is -0.324 e. The number of nitrogens with zero attached hydrogens (tertiary/aromatic N) is 2. The fourth-order valence-electron chi connectivity index (χ4n) is 3.16. The van der Waals surface area contributed by atoms with Crippen LogP contribution in [-0.4, -0.2) is 30.6 Å². The molecular formula is C16H23N3O. The minimum absolute atomic E-state index is 0.0524. The van der Waals surface area contributed by atoms with Gasteiger partial charge in [0.1, 0.15) is 0 Å². The highest BCUT2D eigenvalue weighted by molar-refractivity contribution is 5.93. The van der Waals surface area contributed by atoms with Crippen LogP contribution >= 0.6 is 0 Å². The molecule has 4 nitrogen and oxygen atoms in total. The fourth-order valence-corrected chi connectivity index (χ4v) is 3.16. The van der Waals surface area contributed by atoms with Crippen LogP contribution in [0.25, 0.3) is 0 Å². The highest BCUT2D eigenvalue weighted by Crippen LogP contribution is 2.33. The Bertz CT molecular complexity index is 494. The Morgan fingerprint density at radius 2 is 1.85 bits per heavy atom. The van der Waals surface area contributed by atoms with Crippen LogP contribution in [0.2, 0.25) is 0 Å². The van der Waals surface area contributed by atoms with Gasteiger partial charge in [0.15, 0.2) is 0 Å². The van der Waals surface area contributed by atoms with Crippen molar-refractivity contribution in [1.82, 2.24) is 4.90 Å². The van der Waals surface area contributed by atoms with E-state index < -0.39 is 0 Å². The summed E-state index contributed by atoms with van der Waals surface area (Å²) >= 11 is 0. The molecule has 1 aromatic rings. The number of rotatable bonds is 0. The molecule has 1 unspecified atom stereocenters. The van der Waals surface area contributed by atoms with Gasteiger partial charge in [-0.05, 0) is 36.8 Å². The van der Waals surface area contributed by atoms with E-state index in [4.69, 9.17) is 5.73 Å². The molecule has 0 aliphatic carbocycles. The third kappa shape index (κ3) is 2.40. The Kier molecular flexibility index (Phi) is 3.66. The van der Waals surface area contributed by atoms with Crippen molar-refractivity contribution in [2.45, 2.75) is 32.2 Å². The Hall–Kier alpha value is -1.55. The monoisotopic (exact) mass is 273 g/mol. The van der Waals surface area contributed by atoms with Gasteiger partial charge in [0.05, 0.1) is 5.69 Å². The van der Waals surface area contributed by atoms with Gasteiger partial charge in [-0.3, -0.25) is 4.90 Å². The van der Waals surface area contributed by atoms with Gasteiger partial charge in [-0.25, -0.2) is 4.79 Å². The zero-order valence-corrected chi connectivity index (χ0v) is 12.1. The van der Waals surface area contributed by atoms with Gasteiger partial charge >= 0.3 is 6.03 Å². The molecule has 108 valence electrons. The van der Waals surface area contributed by atoms with E-state index in [9.17, 15) is 4.79 Å². The average Bonchev–Trinajstić information content (AvgIpc) is 2.48. The van der Waals surface area contributed by atoms with Crippen LogP contribution in [0.5, 0.6) is 0 Å². The zero-order chi connectivity index (χ0) is 14.1. The van der Waals surface area contributed by atoms with Crippen LogP contribution in [-0.2, 0) is 0 Å². The highest BCUT2D eigenvalue weighted by Gasteiger charge is 2.30. The summed E-state index contributed by atoms with van der Waals surface area (Å²) in [7, 11) is 0. The quantitative estimate of drug-likeness (QED) is 0.790. The maximum Gasteiger partial charge on any atom is 0.324 e. The molecule has 20 heavy (non-hydrogen) atoms. The van der Waals surface area contributed by atoms with Crippen molar-refractivity contribution in [3.8, 4) is 0 Å². The number of anilines is 1. The van der Waals surface area contributed by atoms with Crippen LogP contribution in [0.3, 0.4) is 0 Å². The van der Waals surface area contributed by atoms with Crippen molar-refractivity contribution in [3.63, 3.8) is 0 Å².